The van der Waals surface area contributed by atoms with E-state index in [0.717, 1.165) is 22.1 Å². The van der Waals surface area contributed by atoms with Gasteiger partial charge in [0.05, 0.1) is 25.1 Å². The van der Waals surface area contributed by atoms with Crippen molar-refractivity contribution < 1.29 is 14.3 Å². The number of amides is 1. The van der Waals surface area contributed by atoms with E-state index in [0.29, 0.717) is 19.0 Å². The summed E-state index contributed by atoms with van der Waals surface area (Å²) in [5, 5.41) is 4.33. The summed E-state index contributed by atoms with van der Waals surface area (Å²) in [5.41, 5.74) is 7.55. The highest BCUT2D eigenvalue weighted by Crippen LogP contribution is 2.23. The molecule has 0 aliphatic rings. The molecule has 0 aliphatic heterocycles. The lowest BCUT2D eigenvalue weighted by atomic mass is 10.0. The average molecular weight is 552 g/mol. The van der Waals surface area contributed by atoms with E-state index in [-0.39, 0.29) is 17.6 Å². The van der Waals surface area contributed by atoms with Crippen molar-refractivity contribution in [2.75, 3.05) is 26.0 Å². The second-order valence-corrected chi connectivity index (χ2v) is 11.0. The minimum atomic E-state index is -0.639. The van der Waals surface area contributed by atoms with Crippen molar-refractivity contribution in [1.29, 1.82) is 0 Å². The predicted molar refractivity (Wildman–Crippen MR) is 162 cm³/mol. The molecule has 3 rings (SSSR count). The lowest BCUT2D eigenvalue weighted by Gasteiger charge is -2.22. The number of carbonyl (C=O) groups excluding carboxylic acids is 2. The normalized spacial score (nSPS) is 12.5. The van der Waals surface area contributed by atoms with Crippen molar-refractivity contribution in [2.45, 2.75) is 45.9 Å². The van der Waals surface area contributed by atoms with E-state index >= 15 is 0 Å². The number of ether oxygens (including phenoxy) is 1. The Labute approximate surface area is 234 Å². The molecule has 1 heterocycles. The maximum atomic E-state index is 12.9. The number of hydrogen-bond donors (Lipinski definition) is 2. The topological polar surface area (TPSA) is 102 Å². The Hall–Kier alpha value is -3.32. The summed E-state index contributed by atoms with van der Waals surface area (Å²) in [6.45, 7) is 12.2. The highest BCUT2D eigenvalue weighted by molar-refractivity contribution is 7.27. The molecule has 0 saturated carbocycles. The van der Waals surface area contributed by atoms with Gasteiger partial charge in [-0.15, -0.1) is 9.24 Å². The molecule has 0 bridgehead atoms. The maximum Gasteiger partial charge on any atom is 0.249 e. The first-order valence-electron chi connectivity index (χ1n) is 12.8. The van der Waals surface area contributed by atoms with Crippen LogP contribution in [0.5, 0.6) is 0 Å². The largest absolute Gasteiger partial charge is 0.376 e. The van der Waals surface area contributed by atoms with Crippen molar-refractivity contribution in [3.63, 3.8) is 0 Å². The predicted octanol–water partition coefficient (Wildman–Crippen LogP) is 4.15. The molecule has 0 aliphatic carbocycles. The zero-order valence-electron chi connectivity index (χ0n) is 23.8. The number of Topliss-reactive ketones (excluding diaryl/α,β-unsaturated/α-hetero) is 1. The number of carbonyl (C=O) groups is 2. The summed E-state index contributed by atoms with van der Waals surface area (Å²) < 4.78 is 7.66. The Kier molecular flexibility index (Phi) is 12.0. The standard InChI is InChI=1S/C25H31N4O2P.C5H11NO/c1-18(15-31-16-20-8-6-5-7-9-20)19(2)27-23-14-29(17-26-23)24(25(30)28(3)4)21-10-12-22(32)13-11-21;1-4(7)5(2,3)6/h5-14,17-18,24,27H,2,15-16,32H2,1,3-4H3;6H2,1-3H3. The number of nitrogens with zero attached hydrogens (tertiary/aromatic N) is 3. The van der Waals surface area contributed by atoms with E-state index in [9.17, 15) is 9.59 Å². The fourth-order valence-corrected chi connectivity index (χ4v) is 3.42. The van der Waals surface area contributed by atoms with Crippen LogP contribution in [0.4, 0.5) is 5.82 Å². The van der Waals surface area contributed by atoms with Crippen LogP contribution in [-0.4, -0.2) is 52.4 Å². The number of hydrogen-bond acceptors (Lipinski definition) is 6. The summed E-state index contributed by atoms with van der Waals surface area (Å²) >= 11 is 0. The number of nitrogens with two attached hydrogens (primary N) is 1. The van der Waals surface area contributed by atoms with Crippen LogP contribution in [0.25, 0.3) is 0 Å². The van der Waals surface area contributed by atoms with Crippen LogP contribution >= 0.6 is 9.24 Å². The van der Waals surface area contributed by atoms with Gasteiger partial charge in [-0.25, -0.2) is 4.98 Å². The molecule has 39 heavy (non-hydrogen) atoms. The van der Waals surface area contributed by atoms with Crippen LogP contribution in [0.2, 0.25) is 0 Å². The number of nitrogens with one attached hydrogen (secondary N) is 1. The monoisotopic (exact) mass is 551 g/mol. The van der Waals surface area contributed by atoms with E-state index in [1.807, 2.05) is 65.4 Å². The lowest BCUT2D eigenvalue weighted by molar-refractivity contribution is -0.131. The van der Waals surface area contributed by atoms with E-state index in [2.05, 4.69) is 33.0 Å². The van der Waals surface area contributed by atoms with Crippen LogP contribution in [0.3, 0.4) is 0 Å². The molecule has 0 spiro atoms. The highest BCUT2D eigenvalue weighted by Gasteiger charge is 2.24. The number of imidazole rings is 1. The zero-order chi connectivity index (χ0) is 29.2. The third kappa shape index (κ3) is 10.4. The Morgan fingerprint density at radius 2 is 1.74 bits per heavy atom. The molecule has 0 saturated heterocycles. The Morgan fingerprint density at radius 1 is 1.15 bits per heavy atom. The van der Waals surface area contributed by atoms with Crippen LogP contribution in [-0.2, 0) is 20.9 Å². The number of benzene rings is 2. The van der Waals surface area contributed by atoms with Gasteiger partial charge < -0.3 is 25.3 Å². The fraction of sp³-hybridized carbons (Fsp3) is 0.367. The smallest absolute Gasteiger partial charge is 0.249 e. The third-order valence-corrected chi connectivity index (χ3v) is 6.48. The molecular weight excluding hydrogens is 509 g/mol. The molecule has 3 atom stereocenters. The molecule has 210 valence electrons. The Morgan fingerprint density at radius 3 is 2.28 bits per heavy atom. The molecule has 0 radical (unpaired) electrons. The van der Waals surface area contributed by atoms with E-state index in [1.54, 1.807) is 39.2 Å². The van der Waals surface area contributed by atoms with Crippen molar-refractivity contribution in [1.82, 2.24) is 14.5 Å². The first-order valence-corrected chi connectivity index (χ1v) is 13.3. The van der Waals surface area contributed by atoms with E-state index < -0.39 is 11.6 Å². The molecule has 1 aromatic heterocycles. The van der Waals surface area contributed by atoms with Crippen molar-refractivity contribution in [3.8, 4) is 0 Å². The van der Waals surface area contributed by atoms with E-state index in [4.69, 9.17) is 10.5 Å². The van der Waals surface area contributed by atoms with Gasteiger partial charge in [-0.2, -0.15) is 0 Å². The second kappa shape index (κ2) is 14.7. The van der Waals surface area contributed by atoms with Crippen LogP contribution in [0, 0.1) is 5.92 Å². The quantitative estimate of drug-likeness (QED) is 0.347. The Bertz CT molecular complexity index is 1220. The summed E-state index contributed by atoms with van der Waals surface area (Å²) in [6, 6.07) is 17.5. The number of anilines is 1. The number of ketones is 1. The van der Waals surface area contributed by atoms with Crippen molar-refractivity contribution in [3.05, 3.63) is 90.5 Å². The molecule has 3 aromatic rings. The van der Waals surface area contributed by atoms with Crippen LogP contribution in [0.1, 0.15) is 44.9 Å². The van der Waals surface area contributed by atoms with Crippen LogP contribution < -0.4 is 16.4 Å². The van der Waals surface area contributed by atoms with Crippen molar-refractivity contribution >= 4 is 32.1 Å². The van der Waals surface area contributed by atoms with Gasteiger partial charge in [-0.05, 0) is 37.2 Å². The molecular formula is C30H42N5O3P. The molecule has 0 fully saturated rings. The van der Waals surface area contributed by atoms with Crippen molar-refractivity contribution in [2.24, 2.45) is 11.7 Å². The van der Waals surface area contributed by atoms with Gasteiger partial charge in [0.2, 0.25) is 5.91 Å². The fourth-order valence-electron chi connectivity index (χ4n) is 3.22. The van der Waals surface area contributed by atoms with Gasteiger partial charge >= 0.3 is 0 Å². The lowest BCUT2D eigenvalue weighted by Crippen LogP contribution is -2.39. The third-order valence-electron chi connectivity index (χ3n) is 6.10. The summed E-state index contributed by atoms with van der Waals surface area (Å²) in [7, 11) is 6.18. The van der Waals surface area contributed by atoms with E-state index in [1.165, 1.54) is 6.92 Å². The number of likely N-dealkylation sites (N-methyl/N-ethyl adjacent to an activating group) is 1. The molecule has 9 heteroatoms. The molecule has 2 aromatic carbocycles. The summed E-state index contributed by atoms with van der Waals surface area (Å²) in [4.78, 5) is 29.3. The first-order chi connectivity index (χ1) is 18.3. The van der Waals surface area contributed by atoms with Gasteiger partial charge in [0.15, 0.2) is 0 Å². The number of aromatic nitrogens is 2. The SMILES string of the molecule is C=C(Nc1cn(C(C(=O)N(C)C)c2ccc(P)cc2)cn1)C(C)COCc1ccccc1.CC(=O)C(C)(C)N. The molecule has 8 nitrogen and oxygen atoms in total. The molecule has 3 unspecified atom stereocenters. The van der Waals surface area contributed by atoms with Gasteiger partial charge in [0, 0.05) is 31.9 Å². The second-order valence-electron chi connectivity index (χ2n) is 10.3. The summed E-state index contributed by atoms with van der Waals surface area (Å²) in [5.74, 6) is 0.737. The van der Waals surface area contributed by atoms with Gasteiger partial charge in [0.1, 0.15) is 17.6 Å². The zero-order valence-corrected chi connectivity index (χ0v) is 25.0. The summed E-state index contributed by atoms with van der Waals surface area (Å²) in [6.07, 6.45) is 3.51. The maximum absolute atomic E-state index is 12.9. The number of rotatable bonds is 11. The highest BCUT2D eigenvalue weighted by atomic mass is 31.0. The van der Waals surface area contributed by atoms with Crippen LogP contribution in [0.15, 0.2) is 79.4 Å². The first kappa shape index (κ1) is 31.9. The Balaban J connectivity index is 0.000000673. The molecule has 3 N–H and O–H groups in total. The van der Waals surface area contributed by atoms with Gasteiger partial charge in [-0.1, -0.05) is 68.1 Å². The van der Waals surface area contributed by atoms with Gasteiger partial charge in [0.25, 0.3) is 0 Å². The minimum Gasteiger partial charge on any atom is -0.376 e. The minimum absolute atomic E-state index is 0.0208. The molecule has 1 amide bonds. The average Bonchev–Trinajstić information content (AvgIpc) is 3.33. The van der Waals surface area contributed by atoms with Gasteiger partial charge in [-0.3, -0.25) is 9.59 Å².